The minimum atomic E-state index is -0.295. The molecule has 5 nitrogen and oxygen atoms in total. The summed E-state index contributed by atoms with van der Waals surface area (Å²) < 4.78 is 5.04. The van der Waals surface area contributed by atoms with Gasteiger partial charge in [-0.3, -0.25) is 9.89 Å². The van der Waals surface area contributed by atoms with E-state index in [9.17, 15) is 4.79 Å². The first-order valence-corrected chi connectivity index (χ1v) is 8.47. The number of H-pyrrole nitrogens is 1. The van der Waals surface area contributed by atoms with Crippen LogP contribution in [0.2, 0.25) is 5.02 Å². The first kappa shape index (κ1) is 14.5. The second-order valence-corrected chi connectivity index (χ2v) is 6.62. The molecule has 1 amide bonds. The highest BCUT2D eigenvalue weighted by Crippen LogP contribution is 2.30. The number of halogens is 1. The number of hydrogen-bond donors (Lipinski definition) is 1. The van der Waals surface area contributed by atoms with E-state index in [0.29, 0.717) is 24.7 Å². The Bertz CT molecular complexity index is 1050. The van der Waals surface area contributed by atoms with Crippen molar-refractivity contribution in [2.45, 2.75) is 6.54 Å². The van der Waals surface area contributed by atoms with Crippen molar-refractivity contribution < 1.29 is 9.53 Å². The summed E-state index contributed by atoms with van der Waals surface area (Å²) in [6.07, 6.45) is -0.295. The van der Waals surface area contributed by atoms with Gasteiger partial charge in [-0.25, -0.2) is 4.79 Å². The average Bonchev–Trinajstić information content (AvgIpc) is 3.30. The molecule has 0 unspecified atom stereocenters. The summed E-state index contributed by atoms with van der Waals surface area (Å²) in [4.78, 5) is 21.6. The summed E-state index contributed by atoms with van der Waals surface area (Å²) in [5.74, 6) is 0. The summed E-state index contributed by atoms with van der Waals surface area (Å²) in [5, 5.41) is 1.76. The lowest BCUT2D eigenvalue weighted by atomic mass is 10.0. The Kier molecular flexibility index (Phi) is 3.12. The van der Waals surface area contributed by atoms with Gasteiger partial charge in [0.1, 0.15) is 6.61 Å². The van der Waals surface area contributed by atoms with Crippen molar-refractivity contribution in [2.75, 3.05) is 18.1 Å². The van der Waals surface area contributed by atoms with E-state index in [1.165, 1.54) is 0 Å². The Balaban J connectivity index is 1.58. The third-order valence-corrected chi connectivity index (χ3v) is 4.90. The molecule has 2 aliphatic heterocycles. The molecule has 1 saturated heterocycles. The van der Waals surface area contributed by atoms with Crippen LogP contribution in [-0.2, 0) is 11.3 Å². The van der Waals surface area contributed by atoms with Gasteiger partial charge in [0.15, 0.2) is 0 Å². The molecule has 1 fully saturated rings. The first-order chi connectivity index (χ1) is 12.2. The number of aromatic amines is 1. The lowest BCUT2D eigenvalue weighted by Crippen LogP contribution is -2.23. The number of cyclic esters (lactones) is 1. The Labute approximate surface area is 148 Å². The van der Waals surface area contributed by atoms with Crippen LogP contribution in [0.4, 0.5) is 10.5 Å². The fourth-order valence-electron chi connectivity index (χ4n) is 3.43. The van der Waals surface area contributed by atoms with Crippen LogP contribution in [0.5, 0.6) is 0 Å². The number of fused-ring (bicyclic) bond motifs is 2. The summed E-state index contributed by atoms with van der Waals surface area (Å²) in [5.41, 5.74) is 5.94. The van der Waals surface area contributed by atoms with Gasteiger partial charge in [0.25, 0.3) is 0 Å². The van der Waals surface area contributed by atoms with Crippen molar-refractivity contribution in [3.8, 4) is 0 Å². The van der Waals surface area contributed by atoms with Gasteiger partial charge in [-0.2, -0.15) is 0 Å². The van der Waals surface area contributed by atoms with Crippen LogP contribution < -0.4 is 4.90 Å². The zero-order chi connectivity index (χ0) is 17.0. The minimum Gasteiger partial charge on any atom is -0.447 e. The molecule has 3 heterocycles. The second kappa shape index (κ2) is 5.36. The number of aromatic nitrogens is 1. The topological polar surface area (TPSA) is 57.7 Å². The molecule has 0 saturated carbocycles. The van der Waals surface area contributed by atoms with E-state index in [4.69, 9.17) is 21.3 Å². The average molecular weight is 352 g/mol. The third kappa shape index (κ3) is 2.31. The fourth-order valence-corrected chi connectivity index (χ4v) is 3.61. The second-order valence-electron chi connectivity index (χ2n) is 6.19. The number of nitrogens with zero attached hydrogens (tertiary/aromatic N) is 2. The summed E-state index contributed by atoms with van der Waals surface area (Å²) >= 11 is 6.08. The zero-order valence-electron chi connectivity index (χ0n) is 13.3. The first-order valence-electron chi connectivity index (χ1n) is 8.10. The predicted molar refractivity (Wildman–Crippen MR) is 97.8 cm³/mol. The van der Waals surface area contributed by atoms with Crippen LogP contribution in [0, 0.1) is 0 Å². The number of anilines is 1. The molecule has 0 spiro atoms. The Morgan fingerprint density at radius 3 is 2.92 bits per heavy atom. The number of ether oxygens (including phenoxy) is 1. The van der Waals surface area contributed by atoms with Crippen molar-refractivity contribution in [3.05, 3.63) is 64.3 Å². The van der Waals surface area contributed by atoms with E-state index in [-0.39, 0.29) is 6.09 Å². The lowest BCUT2D eigenvalue weighted by Gasteiger charge is -2.14. The predicted octanol–water partition coefficient (Wildman–Crippen LogP) is 4.13. The molecule has 1 N–H and O–H groups in total. The van der Waals surface area contributed by atoms with Gasteiger partial charge in [-0.15, -0.1) is 0 Å². The van der Waals surface area contributed by atoms with E-state index >= 15 is 0 Å². The number of amides is 1. The zero-order valence-corrected chi connectivity index (χ0v) is 14.0. The van der Waals surface area contributed by atoms with Gasteiger partial charge in [0, 0.05) is 27.2 Å². The molecule has 2 aliphatic rings. The highest BCUT2D eigenvalue weighted by molar-refractivity contribution is 6.31. The molecule has 124 valence electrons. The molecular formula is C19H14ClN3O2. The van der Waals surface area contributed by atoms with E-state index in [0.717, 1.165) is 39.1 Å². The van der Waals surface area contributed by atoms with Crippen molar-refractivity contribution in [3.63, 3.8) is 0 Å². The van der Waals surface area contributed by atoms with Crippen molar-refractivity contribution >= 4 is 40.0 Å². The van der Waals surface area contributed by atoms with Crippen LogP contribution in [0.25, 0.3) is 10.9 Å². The van der Waals surface area contributed by atoms with Crippen LogP contribution in [0.3, 0.4) is 0 Å². The number of carbonyl (C=O) groups excluding carboxylic acids is 1. The monoisotopic (exact) mass is 351 g/mol. The van der Waals surface area contributed by atoms with Crippen LogP contribution in [0.1, 0.15) is 16.8 Å². The van der Waals surface area contributed by atoms with Crippen LogP contribution in [-0.4, -0.2) is 29.9 Å². The summed E-state index contributed by atoms with van der Waals surface area (Å²) in [6, 6.07) is 13.8. The fraction of sp³-hybridized carbons (Fsp3) is 0.158. The molecule has 0 atom stereocenters. The normalized spacial score (nSPS) is 16.3. The van der Waals surface area contributed by atoms with Gasteiger partial charge in [-0.1, -0.05) is 17.7 Å². The number of hydrogen-bond acceptors (Lipinski definition) is 3. The Hall–Kier alpha value is -2.79. The number of nitrogens with one attached hydrogen (secondary N) is 1. The maximum absolute atomic E-state index is 11.8. The lowest BCUT2D eigenvalue weighted by molar-refractivity contribution is 0.181. The van der Waals surface area contributed by atoms with Crippen molar-refractivity contribution in [1.29, 1.82) is 0 Å². The van der Waals surface area contributed by atoms with Crippen LogP contribution in [0.15, 0.2) is 47.5 Å². The number of rotatable bonds is 2. The molecule has 2 aromatic carbocycles. The minimum absolute atomic E-state index is 0.295. The standard InChI is InChI=1S/C19H14ClN3O2/c20-13-2-4-16-12(7-13)8-17(22-16)18-15-9-14(3-1-11(15)10-21-18)23-5-6-25-19(23)24/h1-4,7-9,22H,5-6,10H2. The van der Waals surface area contributed by atoms with Crippen LogP contribution >= 0.6 is 11.6 Å². The van der Waals surface area contributed by atoms with E-state index in [1.54, 1.807) is 4.90 Å². The maximum Gasteiger partial charge on any atom is 0.414 e. The SMILES string of the molecule is O=C1OCCN1c1ccc2c(c1)C(c1cc3cc(Cl)ccc3[nH]1)=NC2. The van der Waals surface area contributed by atoms with Gasteiger partial charge < -0.3 is 9.72 Å². The van der Waals surface area contributed by atoms with Gasteiger partial charge >= 0.3 is 6.09 Å². The Morgan fingerprint density at radius 1 is 1.16 bits per heavy atom. The van der Waals surface area contributed by atoms with E-state index in [2.05, 4.69) is 11.1 Å². The molecule has 3 aromatic rings. The smallest absolute Gasteiger partial charge is 0.414 e. The number of aliphatic imine (C=N–C) groups is 1. The molecular weight excluding hydrogens is 338 g/mol. The molecule has 25 heavy (non-hydrogen) atoms. The van der Waals surface area contributed by atoms with Crippen molar-refractivity contribution in [1.82, 2.24) is 4.98 Å². The quantitative estimate of drug-likeness (QED) is 0.754. The maximum atomic E-state index is 11.8. The summed E-state index contributed by atoms with van der Waals surface area (Å²) in [6.45, 7) is 1.65. The van der Waals surface area contributed by atoms with E-state index < -0.39 is 0 Å². The molecule has 1 aromatic heterocycles. The van der Waals surface area contributed by atoms with E-state index in [1.807, 2.05) is 36.4 Å². The Morgan fingerprint density at radius 2 is 2.08 bits per heavy atom. The number of benzene rings is 2. The molecule has 0 radical (unpaired) electrons. The largest absolute Gasteiger partial charge is 0.447 e. The van der Waals surface area contributed by atoms with Crippen molar-refractivity contribution in [2.24, 2.45) is 4.99 Å². The van der Waals surface area contributed by atoms with Gasteiger partial charge in [0.2, 0.25) is 0 Å². The van der Waals surface area contributed by atoms with Gasteiger partial charge in [-0.05, 0) is 42.0 Å². The molecule has 5 rings (SSSR count). The van der Waals surface area contributed by atoms with Gasteiger partial charge in [0.05, 0.1) is 24.5 Å². The highest BCUT2D eigenvalue weighted by atomic mass is 35.5. The molecule has 0 aliphatic carbocycles. The third-order valence-electron chi connectivity index (χ3n) is 4.67. The molecule has 6 heteroatoms. The summed E-state index contributed by atoms with van der Waals surface area (Å²) in [7, 11) is 0. The molecule has 0 bridgehead atoms. The highest BCUT2D eigenvalue weighted by Gasteiger charge is 2.26. The number of carbonyl (C=O) groups is 1.